The third-order valence-electron chi connectivity index (χ3n) is 4.58. The zero-order chi connectivity index (χ0) is 14.4. The molecule has 0 saturated carbocycles. The van der Waals surface area contributed by atoms with Crippen molar-refractivity contribution in [2.24, 2.45) is 5.92 Å². The van der Waals surface area contributed by atoms with Gasteiger partial charge in [0.1, 0.15) is 5.82 Å². The molecule has 0 unspecified atom stereocenters. The fourth-order valence-electron chi connectivity index (χ4n) is 3.58. The van der Waals surface area contributed by atoms with Crippen LogP contribution in [0, 0.1) is 11.7 Å². The summed E-state index contributed by atoms with van der Waals surface area (Å²) < 4.78 is 15.3. The van der Waals surface area contributed by atoms with Crippen molar-refractivity contribution in [3.63, 3.8) is 0 Å². The van der Waals surface area contributed by atoms with E-state index >= 15 is 0 Å². The van der Waals surface area contributed by atoms with E-state index in [0.29, 0.717) is 17.5 Å². The van der Waals surface area contributed by atoms with Crippen molar-refractivity contribution < 1.29 is 4.39 Å². The summed E-state index contributed by atoms with van der Waals surface area (Å²) in [7, 11) is 0. The standard InChI is InChI=1S/C18H15BrFN/c19-12-9-7-11(8-10-12)17-14-4-1-3-13(14)15-5-2-6-16(20)18(15)21-17/h1-3,5-10,13-14,17,21H,4H2/t13-,14+,17+/m0/s1. The molecule has 2 aromatic carbocycles. The van der Waals surface area contributed by atoms with Crippen LogP contribution in [0.5, 0.6) is 0 Å². The minimum Gasteiger partial charge on any atom is -0.375 e. The lowest BCUT2D eigenvalue weighted by Crippen LogP contribution is -2.29. The van der Waals surface area contributed by atoms with Crippen LogP contribution in [-0.4, -0.2) is 0 Å². The Balaban J connectivity index is 1.81. The van der Waals surface area contributed by atoms with Gasteiger partial charge in [0.15, 0.2) is 0 Å². The van der Waals surface area contributed by atoms with Crippen LogP contribution in [0.2, 0.25) is 0 Å². The number of benzene rings is 2. The lowest BCUT2D eigenvalue weighted by atomic mass is 9.77. The molecule has 2 aliphatic rings. The molecule has 1 heterocycles. The molecular formula is C18H15BrFN. The van der Waals surface area contributed by atoms with Gasteiger partial charge in [-0.05, 0) is 41.7 Å². The molecular weight excluding hydrogens is 329 g/mol. The topological polar surface area (TPSA) is 12.0 Å². The van der Waals surface area contributed by atoms with Crippen molar-refractivity contribution in [3.05, 3.63) is 76.0 Å². The molecule has 106 valence electrons. The Morgan fingerprint density at radius 1 is 1.10 bits per heavy atom. The predicted molar refractivity (Wildman–Crippen MR) is 86.9 cm³/mol. The molecule has 4 rings (SSSR count). The van der Waals surface area contributed by atoms with Gasteiger partial charge < -0.3 is 5.32 Å². The van der Waals surface area contributed by atoms with Gasteiger partial charge in [-0.25, -0.2) is 4.39 Å². The molecule has 0 spiro atoms. The summed E-state index contributed by atoms with van der Waals surface area (Å²) in [5.41, 5.74) is 2.96. The Bertz CT molecular complexity index is 708. The van der Waals surface area contributed by atoms with Gasteiger partial charge in [-0.15, -0.1) is 0 Å². The van der Waals surface area contributed by atoms with Crippen molar-refractivity contribution in [1.29, 1.82) is 0 Å². The highest BCUT2D eigenvalue weighted by atomic mass is 79.9. The SMILES string of the molecule is Fc1cccc2c1N[C@H](c1ccc(Br)cc1)[C@@H]1CC=C[C@H]21. The number of hydrogen-bond acceptors (Lipinski definition) is 1. The molecule has 3 heteroatoms. The monoisotopic (exact) mass is 343 g/mol. The highest BCUT2D eigenvalue weighted by Gasteiger charge is 2.38. The number of para-hydroxylation sites is 1. The number of allylic oxidation sites excluding steroid dienone is 2. The maximum Gasteiger partial charge on any atom is 0.146 e. The van der Waals surface area contributed by atoms with E-state index in [-0.39, 0.29) is 11.9 Å². The smallest absolute Gasteiger partial charge is 0.146 e. The number of nitrogens with one attached hydrogen (secondary N) is 1. The summed E-state index contributed by atoms with van der Waals surface area (Å²) in [6.07, 6.45) is 5.49. The zero-order valence-corrected chi connectivity index (χ0v) is 13.0. The van der Waals surface area contributed by atoms with Gasteiger partial charge in [0, 0.05) is 10.4 Å². The average molecular weight is 344 g/mol. The Kier molecular flexibility index (Phi) is 3.11. The summed E-state index contributed by atoms with van der Waals surface area (Å²) >= 11 is 3.47. The van der Waals surface area contributed by atoms with Crippen LogP contribution in [0.3, 0.4) is 0 Å². The molecule has 1 aliphatic carbocycles. The van der Waals surface area contributed by atoms with E-state index in [1.165, 1.54) is 11.6 Å². The van der Waals surface area contributed by atoms with Crippen LogP contribution in [-0.2, 0) is 0 Å². The lowest BCUT2D eigenvalue weighted by Gasteiger charge is -2.37. The van der Waals surface area contributed by atoms with Crippen molar-refractivity contribution in [1.82, 2.24) is 0 Å². The van der Waals surface area contributed by atoms with Gasteiger partial charge in [-0.2, -0.15) is 0 Å². The molecule has 0 aromatic heterocycles. The Morgan fingerprint density at radius 3 is 2.71 bits per heavy atom. The van der Waals surface area contributed by atoms with Crippen molar-refractivity contribution in [2.45, 2.75) is 18.4 Å². The number of halogens is 2. The Morgan fingerprint density at radius 2 is 1.90 bits per heavy atom. The molecule has 0 bridgehead atoms. The van der Waals surface area contributed by atoms with Gasteiger partial charge >= 0.3 is 0 Å². The van der Waals surface area contributed by atoms with Crippen LogP contribution in [0.4, 0.5) is 10.1 Å². The first kappa shape index (κ1) is 13.1. The molecule has 0 fully saturated rings. The zero-order valence-electron chi connectivity index (χ0n) is 11.4. The van der Waals surface area contributed by atoms with Gasteiger partial charge in [-0.1, -0.05) is 52.3 Å². The molecule has 1 N–H and O–H groups in total. The normalized spacial score (nSPS) is 26.1. The Labute approximate surface area is 132 Å². The second-order valence-corrected chi connectivity index (χ2v) is 6.65. The predicted octanol–water partition coefficient (Wildman–Crippen LogP) is 5.41. The summed E-state index contributed by atoms with van der Waals surface area (Å²) in [5.74, 6) is 0.611. The van der Waals surface area contributed by atoms with Crippen LogP contribution in [0.15, 0.2) is 59.1 Å². The first-order chi connectivity index (χ1) is 10.2. The third-order valence-corrected chi connectivity index (χ3v) is 5.10. The minimum atomic E-state index is -0.159. The molecule has 0 radical (unpaired) electrons. The van der Waals surface area contributed by atoms with Crippen LogP contribution < -0.4 is 5.32 Å². The third kappa shape index (κ3) is 2.11. The summed E-state index contributed by atoms with van der Waals surface area (Å²) in [4.78, 5) is 0. The largest absolute Gasteiger partial charge is 0.375 e. The first-order valence-electron chi connectivity index (χ1n) is 7.21. The van der Waals surface area contributed by atoms with E-state index in [0.717, 1.165) is 16.5 Å². The van der Waals surface area contributed by atoms with Gasteiger partial charge in [0.05, 0.1) is 11.7 Å². The summed E-state index contributed by atoms with van der Waals surface area (Å²) in [6.45, 7) is 0. The molecule has 1 aliphatic heterocycles. The second-order valence-electron chi connectivity index (χ2n) is 5.73. The molecule has 0 amide bonds. The highest BCUT2D eigenvalue weighted by Crippen LogP contribution is 2.50. The van der Waals surface area contributed by atoms with Crippen molar-refractivity contribution in [3.8, 4) is 0 Å². The molecule has 21 heavy (non-hydrogen) atoms. The van der Waals surface area contributed by atoms with Crippen LogP contribution in [0.25, 0.3) is 0 Å². The summed E-state index contributed by atoms with van der Waals surface area (Å²) in [5, 5.41) is 3.44. The maximum absolute atomic E-state index is 14.2. The molecule has 3 atom stereocenters. The molecule has 2 aromatic rings. The second kappa shape index (κ2) is 4.99. The van der Waals surface area contributed by atoms with E-state index in [9.17, 15) is 4.39 Å². The lowest BCUT2D eigenvalue weighted by molar-refractivity contribution is 0.421. The number of fused-ring (bicyclic) bond motifs is 3. The number of hydrogen-bond donors (Lipinski definition) is 1. The van der Waals surface area contributed by atoms with E-state index in [1.807, 2.05) is 18.2 Å². The molecule has 1 nitrogen and oxygen atoms in total. The van der Waals surface area contributed by atoms with Gasteiger partial charge in [-0.3, -0.25) is 0 Å². The highest BCUT2D eigenvalue weighted by molar-refractivity contribution is 9.10. The Hall–Kier alpha value is -1.61. The van der Waals surface area contributed by atoms with E-state index in [2.05, 4.69) is 45.5 Å². The fraction of sp³-hybridized carbons (Fsp3) is 0.222. The molecule has 0 saturated heterocycles. The number of anilines is 1. The van der Waals surface area contributed by atoms with Crippen molar-refractivity contribution in [2.75, 3.05) is 5.32 Å². The van der Waals surface area contributed by atoms with E-state index in [4.69, 9.17) is 0 Å². The quantitative estimate of drug-likeness (QED) is 0.682. The van der Waals surface area contributed by atoms with Crippen LogP contribution >= 0.6 is 15.9 Å². The van der Waals surface area contributed by atoms with Crippen LogP contribution in [0.1, 0.15) is 29.5 Å². The fourth-order valence-corrected chi connectivity index (χ4v) is 3.85. The summed E-state index contributed by atoms with van der Waals surface area (Å²) in [6, 6.07) is 13.9. The first-order valence-corrected chi connectivity index (χ1v) is 8.00. The average Bonchev–Trinajstić information content (AvgIpc) is 2.98. The maximum atomic E-state index is 14.2. The van der Waals surface area contributed by atoms with Crippen molar-refractivity contribution >= 4 is 21.6 Å². The minimum absolute atomic E-state index is 0.155. The van der Waals surface area contributed by atoms with Gasteiger partial charge in [0.25, 0.3) is 0 Å². The van der Waals surface area contributed by atoms with Gasteiger partial charge in [0.2, 0.25) is 0 Å². The van der Waals surface area contributed by atoms with E-state index in [1.54, 1.807) is 6.07 Å². The van der Waals surface area contributed by atoms with E-state index < -0.39 is 0 Å². The number of rotatable bonds is 1.